The summed E-state index contributed by atoms with van der Waals surface area (Å²) in [6.45, 7) is 5.06. The van der Waals surface area contributed by atoms with Gasteiger partial charge in [-0.25, -0.2) is 0 Å². The number of amides is 1. The van der Waals surface area contributed by atoms with Gasteiger partial charge in [-0.2, -0.15) is 0 Å². The number of benzene rings is 1. The number of ether oxygens (including phenoxy) is 1. The summed E-state index contributed by atoms with van der Waals surface area (Å²) in [5.41, 5.74) is 0.692. The Labute approximate surface area is 146 Å². The van der Waals surface area contributed by atoms with Gasteiger partial charge in [0.1, 0.15) is 12.4 Å². The van der Waals surface area contributed by atoms with Crippen LogP contribution in [0.4, 0.5) is 0 Å². The van der Waals surface area contributed by atoms with E-state index < -0.39 is 0 Å². The number of hydrogen-bond donors (Lipinski definition) is 1. The number of carbonyl (C=O) groups excluding carboxylic acids is 1. The Bertz CT molecular complexity index is 633. The first-order valence-electron chi connectivity index (χ1n) is 7.51. The van der Waals surface area contributed by atoms with Crippen molar-refractivity contribution < 1.29 is 9.53 Å². The lowest BCUT2D eigenvalue weighted by atomic mass is 10.1. The predicted octanol–water partition coefficient (Wildman–Crippen LogP) is 3.18. The van der Waals surface area contributed by atoms with Crippen LogP contribution in [0.3, 0.4) is 0 Å². The fourth-order valence-electron chi connectivity index (χ4n) is 2.58. The minimum atomic E-state index is 0. The molecule has 124 valence electrons. The van der Waals surface area contributed by atoms with E-state index in [1.165, 1.54) is 4.88 Å². The van der Waals surface area contributed by atoms with Gasteiger partial charge in [-0.1, -0.05) is 12.1 Å². The standard InChI is InChI=1S/C17H20N2O2S.ClH/c1-13-11-18-7-8-19(13)17(20)14-4-2-5-15(10-14)21-12-16-6-3-9-22-16;/h2-6,9-10,13,18H,7-8,11-12H2,1H3;1H/t13-;/m0./s1. The lowest BCUT2D eigenvalue weighted by Gasteiger charge is -2.34. The minimum Gasteiger partial charge on any atom is -0.488 e. The summed E-state index contributed by atoms with van der Waals surface area (Å²) < 4.78 is 5.78. The number of nitrogens with one attached hydrogen (secondary N) is 1. The van der Waals surface area contributed by atoms with E-state index in [1.807, 2.05) is 46.7 Å². The van der Waals surface area contributed by atoms with Crippen molar-refractivity contribution >= 4 is 29.7 Å². The van der Waals surface area contributed by atoms with Crippen molar-refractivity contribution in [1.29, 1.82) is 0 Å². The van der Waals surface area contributed by atoms with Gasteiger partial charge >= 0.3 is 0 Å². The van der Waals surface area contributed by atoms with Gasteiger partial charge < -0.3 is 15.0 Å². The molecular weight excluding hydrogens is 332 g/mol. The van der Waals surface area contributed by atoms with Crippen LogP contribution in [-0.4, -0.2) is 36.5 Å². The molecule has 0 saturated carbocycles. The highest BCUT2D eigenvalue weighted by Gasteiger charge is 2.24. The first-order chi connectivity index (χ1) is 10.7. The second-order valence-corrected chi connectivity index (χ2v) is 6.48. The zero-order valence-electron chi connectivity index (χ0n) is 13.0. The van der Waals surface area contributed by atoms with Crippen molar-refractivity contribution in [3.05, 3.63) is 52.2 Å². The average molecular weight is 353 g/mol. The van der Waals surface area contributed by atoms with Crippen LogP contribution < -0.4 is 10.1 Å². The van der Waals surface area contributed by atoms with Crippen molar-refractivity contribution in [3.8, 4) is 5.75 Å². The zero-order valence-corrected chi connectivity index (χ0v) is 14.7. The maximum absolute atomic E-state index is 12.6. The van der Waals surface area contributed by atoms with Crippen molar-refractivity contribution in [2.24, 2.45) is 0 Å². The number of rotatable bonds is 4. The summed E-state index contributed by atoms with van der Waals surface area (Å²) in [5, 5.41) is 5.33. The Balaban J connectivity index is 0.00000192. The van der Waals surface area contributed by atoms with Crippen molar-refractivity contribution in [1.82, 2.24) is 10.2 Å². The van der Waals surface area contributed by atoms with E-state index in [0.29, 0.717) is 12.2 Å². The molecule has 0 radical (unpaired) electrons. The maximum Gasteiger partial charge on any atom is 0.254 e. The summed E-state index contributed by atoms with van der Waals surface area (Å²) in [5.74, 6) is 0.817. The van der Waals surface area contributed by atoms with Crippen LogP contribution in [0.2, 0.25) is 0 Å². The monoisotopic (exact) mass is 352 g/mol. The van der Waals surface area contributed by atoms with Gasteiger partial charge in [-0.3, -0.25) is 4.79 Å². The summed E-state index contributed by atoms with van der Waals surface area (Å²) in [7, 11) is 0. The molecular formula is C17H21ClN2O2S. The first kappa shape index (κ1) is 17.8. The molecule has 1 saturated heterocycles. The second kappa shape index (κ2) is 8.34. The third-order valence-corrected chi connectivity index (χ3v) is 4.65. The normalized spacial score (nSPS) is 17.4. The molecule has 1 N–H and O–H groups in total. The molecule has 6 heteroatoms. The fraction of sp³-hybridized carbons (Fsp3) is 0.353. The molecule has 0 aliphatic carbocycles. The van der Waals surface area contributed by atoms with Crippen LogP contribution in [0, 0.1) is 0 Å². The third kappa shape index (κ3) is 4.47. The maximum atomic E-state index is 12.6. The molecule has 1 aromatic heterocycles. The van der Waals surface area contributed by atoms with Gasteiger partial charge in [0.15, 0.2) is 0 Å². The topological polar surface area (TPSA) is 41.6 Å². The van der Waals surface area contributed by atoms with Crippen molar-refractivity contribution in [2.45, 2.75) is 19.6 Å². The van der Waals surface area contributed by atoms with Gasteiger partial charge in [-0.15, -0.1) is 23.7 Å². The van der Waals surface area contributed by atoms with E-state index in [0.717, 1.165) is 25.4 Å². The molecule has 2 aromatic rings. The zero-order chi connectivity index (χ0) is 15.4. The highest BCUT2D eigenvalue weighted by molar-refractivity contribution is 7.09. The van der Waals surface area contributed by atoms with Crippen LogP contribution in [0.25, 0.3) is 0 Å². The van der Waals surface area contributed by atoms with Gasteiger partial charge in [0.25, 0.3) is 5.91 Å². The summed E-state index contributed by atoms with van der Waals surface area (Å²) in [6.07, 6.45) is 0. The van der Waals surface area contributed by atoms with E-state index in [4.69, 9.17) is 4.74 Å². The quantitative estimate of drug-likeness (QED) is 0.918. The van der Waals surface area contributed by atoms with E-state index in [2.05, 4.69) is 12.2 Å². The molecule has 1 aliphatic rings. The number of nitrogens with zero attached hydrogens (tertiary/aromatic N) is 1. The smallest absolute Gasteiger partial charge is 0.254 e. The van der Waals surface area contributed by atoms with E-state index in [1.54, 1.807) is 11.3 Å². The lowest BCUT2D eigenvalue weighted by molar-refractivity contribution is 0.0655. The number of halogens is 1. The number of thiophene rings is 1. The Morgan fingerprint density at radius 1 is 1.39 bits per heavy atom. The molecule has 4 nitrogen and oxygen atoms in total. The number of piperazine rings is 1. The Morgan fingerprint density at radius 2 is 2.26 bits per heavy atom. The number of carbonyl (C=O) groups is 1. The van der Waals surface area contributed by atoms with Gasteiger partial charge in [0.2, 0.25) is 0 Å². The summed E-state index contributed by atoms with van der Waals surface area (Å²) in [6, 6.07) is 11.7. The Hall–Kier alpha value is -1.56. The van der Waals surface area contributed by atoms with Crippen molar-refractivity contribution in [3.63, 3.8) is 0 Å². The average Bonchev–Trinajstić information content (AvgIpc) is 3.06. The predicted molar refractivity (Wildman–Crippen MR) is 95.7 cm³/mol. The molecule has 1 fully saturated rings. The largest absolute Gasteiger partial charge is 0.488 e. The molecule has 1 atom stereocenters. The highest BCUT2D eigenvalue weighted by atomic mass is 35.5. The van der Waals surface area contributed by atoms with Crippen LogP contribution in [0.1, 0.15) is 22.2 Å². The summed E-state index contributed by atoms with van der Waals surface area (Å²) in [4.78, 5) is 15.7. The fourth-order valence-corrected chi connectivity index (χ4v) is 3.19. The van der Waals surface area contributed by atoms with E-state index >= 15 is 0 Å². The Morgan fingerprint density at radius 3 is 3.00 bits per heavy atom. The minimum absolute atomic E-state index is 0. The second-order valence-electron chi connectivity index (χ2n) is 5.45. The molecule has 23 heavy (non-hydrogen) atoms. The van der Waals surface area contributed by atoms with Crippen LogP contribution in [0.5, 0.6) is 5.75 Å². The third-order valence-electron chi connectivity index (χ3n) is 3.80. The van der Waals surface area contributed by atoms with Gasteiger partial charge in [0.05, 0.1) is 0 Å². The van der Waals surface area contributed by atoms with Crippen LogP contribution in [0.15, 0.2) is 41.8 Å². The molecule has 1 amide bonds. The molecule has 1 aromatic carbocycles. The molecule has 0 unspecified atom stereocenters. The van der Waals surface area contributed by atoms with Gasteiger partial charge in [0, 0.05) is 36.1 Å². The summed E-state index contributed by atoms with van der Waals surface area (Å²) >= 11 is 1.67. The van der Waals surface area contributed by atoms with Crippen LogP contribution >= 0.6 is 23.7 Å². The SMILES string of the molecule is C[C@H]1CNCCN1C(=O)c1cccc(OCc2cccs2)c1.Cl. The molecule has 2 heterocycles. The van der Waals surface area contributed by atoms with Gasteiger partial charge in [-0.05, 0) is 36.6 Å². The van der Waals surface area contributed by atoms with Crippen molar-refractivity contribution in [2.75, 3.05) is 19.6 Å². The first-order valence-corrected chi connectivity index (χ1v) is 8.39. The number of hydrogen-bond acceptors (Lipinski definition) is 4. The Kier molecular flexibility index (Phi) is 6.45. The molecule has 0 bridgehead atoms. The highest BCUT2D eigenvalue weighted by Crippen LogP contribution is 2.19. The van der Waals surface area contributed by atoms with E-state index in [9.17, 15) is 4.79 Å². The lowest BCUT2D eigenvalue weighted by Crippen LogP contribution is -2.52. The van der Waals surface area contributed by atoms with E-state index in [-0.39, 0.29) is 24.4 Å². The van der Waals surface area contributed by atoms with Crippen LogP contribution in [-0.2, 0) is 6.61 Å². The molecule has 1 aliphatic heterocycles. The molecule has 0 spiro atoms. The molecule has 3 rings (SSSR count).